The van der Waals surface area contributed by atoms with Gasteiger partial charge in [-0.25, -0.2) is 0 Å². The average Bonchev–Trinajstić information content (AvgIpc) is 2.42. The van der Waals surface area contributed by atoms with Gasteiger partial charge >= 0.3 is 0 Å². The van der Waals surface area contributed by atoms with Gasteiger partial charge in [0, 0.05) is 12.6 Å². The predicted molar refractivity (Wildman–Crippen MR) is 78.9 cm³/mol. The molecule has 0 aromatic heterocycles. The molecule has 106 valence electrons. The van der Waals surface area contributed by atoms with E-state index in [2.05, 4.69) is 24.1 Å². The summed E-state index contributed by atoms with van der Waals surface area (Å²) in [5.41, 5.74) is 0. The van der Waals surface area contributed by atoms with Gasteiger partial charge in [-0.05, 0) is 64.1 Å². The fourth-order valence-electron chi connectivity index (χ4n) is 3.52. The Kier molecular flexibility index (Phi) is 5.97. The van der Waals surface area contributed by atoms with Gasteiger partial charge in [0.25, 0.3) is 0 Å². The average molecular weight is 252 g/mol. The molecule has 1 heterocycles. The van der Waals surface area contributed by atoms with Crippen LogP contribution in [0, 0.1) is 11.8 Å². The third-order valence-electron chi connectivity index (χ3n) is 5.02. The molecule has 2 fully saturated rings. The van der Waals surface area contributed by atoms with Crippen molar-refractivity contribution in [3.8, 4) is 0 Å². The fraction of sp³-hybridized carbons (Fsp3) is 1.00. The molecule has 1 aliphatic heterocycles. The van der Waals surface area contributed by atoms with E-state index in [0.29, 0.717) is 0 Å². The summed E-state index contributed by atoms with van der Waals surface area (Å²) in [5.74, 6) is 1.93. The smallest absolute Gasteiger partial charge is 0.0192 e. The Hall–Kier alpha value is -0.0800. The van der Waals surface area contributed by atoms with Crippen molar-refractivity contribution in [1.82, 2.24) is 10.2 Å². The molecular weight excluding hydrogens is 220 g/mol. The maximum absolute atomic E-state index is 3.73. The summed E-state index contributed by atoms with van der Waals surface area (Å²) in [4.78, 5) is 2.67. The minimum absolute atomic E-state index is 0.729. The van der Waals surface area contributed by atoms with Crippen LogP contribution >= 0.6 is 0 Å². The van der Waals surface area contributed by atoms with Crippen LogP contribution in [0.3, 0.4) is 0 Å². The van der Waals surface area contributed by atoms with Crippen molar-refractivity contribution in [3.05, 3.63) is 0 Å². The van der Waals surface area contributed by atoms with Crippen LogP contribution in [-0.4, -0.2) is 37.1 Å². The van der Waals surface area contributed by atoms with Gasteiger partial charge in [0.2, 0.25) is 0 Å². The van der Waals surface area contributed by atoms with E-state index in [0.717, 1.165) is 17.9 Å². The van der Waals surface area contributed by atoms with Crippen LogP contribution in [0.2, 0.25) is 0 Å². The molecule has 1 aliphatic carbocycles. The van der Waals surface area contributed by atoms with E-state index in [4.69, 9.17) is 0 Å². The first-order valence-corrected chi connectivity index (χ1v) is 8.20. The topological polar surface area (TPSA) is 15.3 Å². The van der Waals surface area contributed by atoms with Crippen LogP contribution in [0.25, 0.3) is 0 Å². The molecule has 2 aliphatic rings. The number of hydrogen-bond acceptors (Lipinski definition) is 2. The zero-order valence-corrected chi connectivity index (χ0v) is 12.5. The van der Waals surface area contributed by atoms with Gasteiger partial charge in [-0.1, -0.05) is 26.2 Å². The lowest BCUT2D eigenvalue weighted by Gasteiger charge is -2.33. The molecule has 18 heavy (non-hydrogen) atoms. The number of likely N-dealkylation sites (tertiary alicyclic amines) is 1. The van der Waals surface area contributed by atoms with Gasteiger partial charge in [-0.3, -0.25) is 4.90 Å². The zero-order valence-electron chi connectivity index (χ0n) is 12.5. The summed E-state index contributed by atoms with van der Waals surface area (Å²) in [7, 11) is 0. The zero-order chi connectivity index (χ0) is 12.8. The van der Waals surface area contributed by atoms with Gasteiger partial charge in [0.05, 0.1) is 0 Å². The number of nitrogens with one attached hydrogen (secondary N) is 1. The van der Waals surface area contributed by atoms with Gasteiger partial charge in [-0.2, -0.15) is 0 Å². The molecule has 0 aromatic carbocycles. The molecule has 2 heteroatoms. The second-order valence-electron chi connectivity index (χ2n) is 6.73. The molecule has 1 N–H and O–H groups in total. The molecule has 0 bridgehead atoms. The Labute approximate surface area is 114 Å². The molecule has 2 nitrogen and oxygen atoms in total. The summed E-state index contributed by atoms with van der Waals surface area (Å²) in [6.07, 6.45) is 10.1. The van der Waals surface area contributed by atoms with Crippen molar-refractivity contribution in [3.63, 3.8) is 0 Å². The first-order chi connectivity index (χ1) is 8.75. The Bertz CT molecular complexity index is 215. The Balaban J connectivity index is 1.56. The third kappa shape index (κ3) is 4.55. The fourth-order valence-corrected chi connectivity index (χ4v) is 3.52. The number of nitrogens with zero attached hydrogens (tertiary/aromatic N) is 1. The van der Waals surface area contributed by atoms with Crippen molar-refractivity contribution in [2.24, 2.45) is 11.8 Å². The largest absolute Gasteiger partial charge is 0.315 e. The van der Waals surface area contributed by atoms with E-state index in [1.165, 1.54) is 71.1 Å². The van der Waals surface area contributed by atoms with Gasteiger partial charge < -0.3 is 5.32 Å². The highest BCUT2D eigenvalue weighted by Gasteiger charge is 2.19. The summed E-state index contributed by atoms with van der Waals surface area (Å²) in [5, 5.41) is 3.73. The lowest BCUT2D eigenvalue weighted by molar-refractivity contribution is 0.168. The minimum atomic E-state index is 0.729. The van der Waals surface area contributed by atoms with Crippen molar-refractivity contribution < 1.29 is 0 Å². The number of hydrogen-bond donors (Lipinski definition) is 1. The van der Waals surface area contributed by atoms with E-state index < -0.39 is 0 Å². The van der Waals surface area contributed by atoms with Crippen LogP contribution in [0.1, 0.15) is 58.8 Å². The standard InChI is InChI=1S/C16H32N2/c1-14-6-8-16(9-7-14)13-17-12-15(2)18-10-4-3-5-11-18/h14-17H,3-13H2,1-2H3. The van der Waals surface area contributed by atoms with Crippen LogP contribution in [0.5, 0.6) is 0 Å². The summed E-state index contributed by atoms with van der Waals surface area (Å²) in [6.45, 7) is 9.88. The van der Waals surface area contributed by atoms with Gasteiger partial charge in [0.15, 0.2) is 0 Å². The maximum atomic E-state index is 3.73. The molecule has 1 atom stereocenters. The highest BCUT2D eigenvalue weighted by Crippen LogP contribution is 2.27. The van der Waals surface area contributed by atoms with E-state index in [1.54, 1.807) is 0 Å². The van der Waals surface area contributed by atoms with E-state index in [1.807, 2.05) is 0 Å². The van der Waals surface area contributed by atoms with E-state index in [9.17, 15) is 0 Å². The first-order valence-electron chi connectivity index (χ1n) is 8.20. The van der Waals surface area contributed by atoms with Crippen molar-refractivity contribution in [1.29, 1.82) is 0 Å². The van der Waals surface area contributed by atoms with Crippen LogP contribution in [-0.2, 0) is 0 Å². The quantitative estimate of drug-likeness (QED) is 0.808. The van der Waals surface area contributed by atoms with Crippen molar-refractivity contribution >= 4 is 0 Å². The number of piperidine rings is 1. The van der Waals surface area contributed by atoms with Gasteiger partial charge in [-0.15, -0.1) is 0 Å². The minimum Gasteiger partial charge on any atom is -0.315 e. The lowest BCUT2D eigenvalue weighted by atomic mass is 9.83. The third-order valence-corrected chi connectivity index (χ3v) is 5.02. The van der Waals surface area contributed by atoms with Gasteiger partial charge in [0.1, 0.15) is 0 Å². The lowest BCUT2D eigenvalue weighted by Crippen LogP contribution is -2.44. The van der Waals surface area contributed by atoms with Crippen LogP contribution < -0.4 is 5.32 Å². The van der Waals surface area contributed by atoms with Crippen LogP contribution in [0.15, 0.2) is 0 Å². The SMILES string of the molecule is CC1CCC(CNCC(C)N2CCCCC2)CC1. The predicted octanol–water partition coefficient (Wildman–Crippen LogP) is 3.28. The Morgan fingerprint density at radius 3 is 2.39 bits per heavy atom. The second kappa shape index (κ2) is 7.49. The normalized spacial score (nSPS) is 32.3. The molecule has 0 amide bonds. The molecule has 1 unspecified atom stereocenters. The molecule has 0 radical (unpaired) electrons. The highest BCUT2D eigenvalue weighted by molar-refractivity contribution is 4.76. The van der Waals surface area contributed by atoms with Crippen LogP contribution in [0.4, 0.5) is 0 Å². The summed E-state index contributed by atoms with van der Waals surface area (Å²) in [6, 6.07) is 0.729. The molecule has 0 aromatic rings. The molecule has 1 saturated carbocycles. The molecule has 2 rings (SSSR count). The molecule has 0 spiro atoms. The number of rotatable bonds is 5. The van der Waals surface area contributed by atoms with E-state index in [-0.39, 0.29) is 0 Å². The van der Waals surface area contributed by atoms with Crippen molar-refractivity contribution in [2.75, 3.05) is 26.2 Å². The Morgan fingerprint density at radius 1 is 1.06 bits per heavy atom. The Morgan fingerprint density at radius 2 is 1.72 bits per heavy atom. The van der Waals surface area contributed by atoms with E-state index >= 15 is 0 Å². The molecule has 1 saturated heterocycles. The molecular formula is C16H32N2. The van der Waals surface area contributed by atoms with Crippen molar-refractivity contribution in [2.45, 2.75) is 64.8 Å². The summed E-state index contributed by atoms with van der Waals surface area (Å²) < 4.78 is 0. The first kappa shape index (κ1) is 14.3. The summed E-state index contributed by atoms with van der Waals surface area (Å²) >= 11 is 0. The monoisotopic (exact) mass is 252 g/mol. The highest BCUT2D eigenvalue weighted by atomic mass is 15.2. The maximum Gasteiger partial charge on any atom is 0.0192 e. The second-order valence-corrected chi connectivity index (χ2v) is 6.73.